The number of nitrogens with two attached hydrogens (primary N) is 1. The monoisotopic (exact) mass is 251 g/mol. The van der Waals surface area contributed by atoms with Gasteiger partial charge >= 0.3 is 0 Å². The molecule has 0 radical (unpaired) electrons. The Morgan fingerprint density at radius 3 is 2.39 bits per heavy atom. The van der Waals surface area contributed by atoms with Crippen molar-refractivity contribution >= 4 is 17.5 Å². The molecule has 3 N–H and O–H groups in total. The molecule has 0 unspecified atom stereocenters. The van der Waals surface area contributed by atoms with Crippen LogP contribution in [-0.4, -0.2) is 23.3 Å². The second-order valence-electron chi connectivity index (χ2n) is 3.63. The van der Waals surface area contributed by atoms with Crippen LogP contribution in [0.2, 0.25) is 0 Å². The lowest BCUT2D eigenvalue weighted by molar-refractivity contribution is -0.384. The maximum absolute atomic E-state index is 11.6. The molecule has 18 heavy (non-hydrogen) atoms. The van der Waals surface area contributed by atoms with E-state index in [0.29, 0.717) is 18.5 Å². The van der Waals surface area contributed by atoms with Crippen molar-refractivity contribution in [2.75, 3.05) is 6.54 Å². The fraction of sp³-hybridized carbons (Fsp3) is 0.273. The Morgan fingerprint density at radius 2 is 1.89 bits per heavy atom. The number of carbonyl (C=O) groups is 2. The van der Waals surface area contributed by atoms with E-state index in [-0.39, 0.29) is 18.0 Å². The highest BCUT2D eigenvalue weighted by Gasteiger charge is 2.08. The lowest BCUT2D eigenvalue weighted by Crippen LogP contribution is -2.25. The number of amides is 2. The Hall–Kier alpha value is -2.44. The number of hydrogen-bond donors (Lipinski definition) is 2. The Balaban J connectivity index is 2.46. The van der Waals surface area contributed by atoms with Crippen LogP contribution < -0.4 is 11.1 Å². The molecule has 1 rings (SSSR count). The third-order valence-electron chi connectivity index (χ3n) is 2.23. The number of non-ortho nitro benzene ring substituents is 1. The molecule has 96 valence electrons. The third kappa shape index (κ3) is 4.20. The molecule has 0 heterocycles. The van der Waals surface area contributed by atoms with Crippen molar-refractivity contribution in [3.8, 4) is 0 Å². The molecule has 0 aliphatic carbocycles. The predicted molar refractivity (Wildman–Crippen MR) is 63.9 cm³/mol. The third-order valence-corrected chi connectivity index (χ3v) is 2.23. The summed E-state index contributed by atoms with van der Waals surface area (Å²) in [5.74, 6) is -0.756. The van der Waals surface area contributed by atoms with E-state index in [1.165, 1.54) is 24.3 Å². The van der Waals surface area contributed by atoms with Crippen molar-refractivity contribution in [1.82, 2.24) is 5.32 Å². The maximum atomic E-state index is 11.6. The standard InChI is InChI=1S/C11H13N3O4/c12-10(15)2-1-7-13-11(16)8-3-5-9(6-4-8)14(17)18/h3-6H,1-2,7H2,(H2,12,15)(H,13,16). The molecular formula is C11H13N3O4. The number of nitro benzene ring substituents is 1. The molecule has 7 heteroatoms. The second kappa shape index (κ2) is 6.33. The smallest absolute Gasteiger partial charge is 0.269 e. The molecule has 0 bridgehead atoms. The minimum atomic E-state index is -0.533. The summed E-state index contributed by atoms with van der Waals surface area (Å²) in [7, 11) is 0. The zero-order valence-electron chi connectivity index (χ0n) is 9.59. The Bertz CT molecular complexity index is 456. The zero-order chi connectivity index (χ0) is 13.5. The van der Waals surface area contributed by atoms with E-state index in [1.807, 2.05) is 0 Å². The van der Waals surface area contributed by atoms with Crippen LogP contribution in [0.15, 0.2) is 24.3 Å². The van der Waals surface area contributed by atoms with Gasteiger partial charge in [-0.1, -0.05) is 0 Å². The number of nitrogens with one attached hydrogen (secondary N) is 1. The van der Waals surface area contributed by atoms with Gasteiger partial charge in [-0.2, -0.15) is 0 Å². The van der Waals surface area contributed by atoms with Gasteiger partial charge in [-0.15, -0.1) is 0 Å². The number of rotatable bonds is 6. The average molecular weight is 251 g/mol. The number of primary amides is 1. The Morgan fingerprint density at radius 1 is 1.28 bits per heavy atom. The summed E-state index contributed by atoms with van der Waals surface area (Å²) in [6.45, 7) is 0.332. The molecular weight excluding hydrogens is 238 g/mol. The summed E-state index contributed by atoms with van der Waals surface area (Å²) in [5.41, 5.74) is 5.21. The van der Waals surface area contributed by atoms with Gasteiger partial charge in [0.2, 0.25) is 5.91 Å². The molecule has 0 atom stereocenters. The minimum Gasteiger partial charge on any atom is -0.370 e. The van der Waals surface area contributed by atoms with E-state index in [9.17, 15) is 19.7 Å². The number of benzene rings is 1. The van der Waals surface area contributed by atoms with Gasteiger partial charge in [-0.3, -0.25) is 19.7 Å². The number of carbonyl (C=O) groups excluding carboxylic acids is 2. The van der Waals surface area contributed by atoms with Gasteiger partial charge < -0.3 is 11.1 Å². The quantitative estimate of drug-likeness (QED) is 0.437. The van der Waals surface area contributed by atoms with Gasteiger partial charge in [-0.25, -0.2) is 0 Å². The van der Waals surface area contributed by atoms with Crippen LogP contribution in [-0.2, 0) is 4.79 Å². The first-order chi connectivity index (χ1) is 8.50. The maximum Gasteiger partial charge on any atom is 0.269 e. The summed E-state index contributed by atoms with van der Waals surface area (Å²) < 4.78 is 0. The van der Waals surface area contributed by atoms with E-state index in [4.69, 9.17) is 5.73 Å². The predicted octanol–water partition coefficient (Wildman–Crippen LogP) is 0.590. The largest absolute Gasteiger partial charge is 0.370 e. The van der Waals surface area contributed by atoms with Gasteiger partial charge in [0.05, 0.1) is 4.92 Å². The fourth-order valence-electron chi connectivity index (χ4n) is 1.30. The molecule has 0 aliphatic rings. The zero-order valence-corrected chi connectivity index (χ0v) is 9.59. The molecule has 0 saturated heterocycles. The first-order valence-electron chi connectivity index (χ1n) is 5.31. The lowest BCUT2D eigenvalue weighted by Gasteiger charge is -2.03. The van der Waals surface area contributed by atoms with Crippen LogP contribution in [0.3, 0.4) is 0 Å². The van der Waals surface area contributed by atoms with Crippen LogP contribution >= 0.6 is 0 Å². The summed E-state index contributed by atoms with van der Waals surface area (Å²) >= 11 is 0. The van der Waals surface area contributed by atoms with Gasteiger partial charge in [0.1, 0.15) is 0 Å². The Kier molecular flexibility index (Phi) is 4.79. The highest BCUT2D eigenvalue weighted by molar-refractivity contribution is 5.94. The van der Waals surface area contributed by atoms with Gasteiger partial charge in [0.15, 0.2) is 0 Å². The summed E-state index contributed by atoms with van der Waals surface area (Å²) in [5, 5.41) is 13.0. The van der Waals surface area contributed by atoms with E-state index in [1.54, 1.807) is 0 Å². The molecule has 7 nitrogen and oxygen atoms in total. The summed E-state index contributed by atoms with van der Waals surface area (Å²) in [6.07, 6.45) is 0.675. The topological polar surface area (TPSA) is 115 Å². The van der Waals surface area contributed by atoms with Crippen molar-refractivity contribution in [1.29, 1.82) is 0 Å². The highest BCUT2D eigenvalue weighted by Crippen LogP contribution is 2.11. The first-order valence-corrected chi connectivity index (χ1v) is 5.31. The van der Waals surface area contributed by atoms with Crippen molar-refractivity contribution < 1.29 is 14.5 Å². The molecule has 0 aliphatic heterocycles. The van der Waals surface area contributed by atoms with Crippen LogP contribution in [0.5, 0.6) is 0 Å². The molecule has 0 fully saturated rings. The van der Waals surface area contributed by atoms with E-state index in [0.717, 1.165) is 0 Å². The minimum absolute atomic E-state index is 0.0692. The van der Waals surface area contributed by atoms with Gasteiger partial charge in [0, 0.05) is 30.7 Å². The molecule has 2 amide bonds. The number of nitrogens with zero attached hydrogens (tertiary/aromatic N) is 1. The molecule has 1 aromatic carbocycles. The molecule has 1 aromatic rings. The van der Waals surface area contributed by atoms with Crippen LogP contribution in [0.1, 0.15) is 23.2 Å². The lowest BCUT2D eigenvalue weighted by atomic mass is 10.2. The van der Waals surface area contributed by atoms with E-state index < -0.39 is 10.8 Å². The second-order valence-corrected chi connectivity index (χ2v) is 3.63. The normalized spacial score (nSPS) is 9.78. The SMILES string of the molecule is NC(=O)CCCNC(=O)c1ccc([N+](=O)[O-])cc1. The van der Waals surface area contributed by atoms with Crippen LogP contribution in [0.4, 0.5) is 5.69 Å². The fourth-order valence-corrected chi connectivity index (χ4v) is 1.30. The number of hydrogen-bond acceptors (Lipinski definition) is 4. The van der Waals surface area contributed by atoms with Crippen LogP contribution in [0.25, 0.3) is 0 Å². The van der Waals surface area contributed by atoms with E-state index in [2.05, 4.69) is 5.32 Å². The van der Waals surface area contributed by atoms with Crippen LogP contribution in [0, 0.1) is 10.1 Å². The van der Waals surface area contributed by atoms with Crippen molar-refractivity contribution in [2.45, 2.75) is 12.8 Å². The molecule has 0 aromatic heterocycles. The number of nitro groups is 1. The molecule has 0 saturated carbocycles. The van der Waals surface area contributed by atoms with Crippen molar-refractivity contribution in [2.24, 2.45) is 5.73 Å². The summed E-state index contributed by atoms with van der Waals surface area (Å²) in [4.78, 5) is 31.9. The summed E-state index contributed by atoms with van der Waals surface area (Å²) in [6, 6.07) is 5.28. The molecule has 0 spiro atoms. The van der Waals surface area contributed by atoms with Crippen molar-refractivity contribution in [3.05, 3.63) is 39.9 Å². The van der Waals surface area contributed by atoms with Gasteiger partial charge in [0.25, 0.3) is 11.6 Å². The highest BCUT2D eigenvalue weighted by atomic mass is 16.6. The average Bonchev–Trinajstić information content (AvgIpc) is 2.34. The Labute approximate surface area is 103 Å². The van der Waals surface area contributed by atoms with Gasteiger partial charge in [-0.05, 0) is 18.6 Å². The van der Waals surface area contributed by atoms with E-state index >= 15 is 0 Å². The van der Waals surface area contributed by atoms with Crippen molar-refractivity contribution in [3.63, 3.8) is 0 Å². The first kappa shape index (κ1) is 13.6.